The Bertz CT molecular complexity index is 141. The first kappa shape index (κ1) is 11.0. The molecule has 1 heterocycles. The van der Waals surface area contributed by atoms with E-state index in [2.05, 4.69) is 30.7 Å². The quantitative estimate of drug-likeness (QED) is 0.682. The molecule has 2 atom stereocenters. The maximum atomic E-state index is 5.67. The highest BCUT2D eigenvalue weighted by Gasteiger charge is 2.22. The minimum atomic E-state index is 0.614. The zero-order valence-electron chi connectivity index (χ0n) is 9.16. The molecule has 0 radical (unpaired) electrons. The molecule has 1 rings (SSSR count). The van der Waals surface area contributed by atoms with Crippen LogP contribution in [-0.2, 0) is 0 Å². The molecule has 78 valence electrons. The lowest BCUT2D eigenvalue weighted by Gasteiger charge is -2.38. The van der Waals surface area contributed by atoms with Gasteiger partial charge in [0, 0.05) is 32.2 Å². The molecule has 0 bridgehead atoms. The van der Waals surface area contributed by atoms with E-state index in [4.69, 9.17) is 5.73 Å². The van der Waals surface area contributed by atoms with E-state index in [1.165, 1.54) is 26.2 Å². The molecule has 13 heavy (non-hydrogen) atoms. The van der Waals surface area contributed by atoms with Crippen LogP contribution in [0.4, 0.5) is 0 Å². The molecule has 0 amide bonds. The molecular formula is C10H23N3. The number of hydrogen-bond donors (Lipinski definition) is 1. The predicted octanol–water partition coefficient (Wildman–Crippen LogP) is 0.217. The van der Waals surface area contributed by atoms with Crippen LogP contribution in [0.1, 0.15) is 13.8 Å². The van der Waals surface area contributed by atoms with Crippen LogP contribution < -0.4 is 5.73 Å². The smallest absolute Gasteiger partial charge is 0.0113 e. The first-order chi connectivity index (χ1) is 6.15. The summed E-state index contributed by atoms with van der Waals surface area (Å²) in [5.74, 6) is 0.614. The Hall–Kier alpha value is -0.120. The van der Waals surface area contributed by atoms with Gasteiger partial charge in [0.2, 0.25) is 0 Å². The summed E-state index contributed by atoms with van der Waals surface area (Å²) >= 11 is 0. The van der Waals surface area contributed by atoms with Gasteiger partial charge in [-0.2, -0.15) is 0 Å². The van der Waals surface area contributed by atoms with Crippen LogP contribution in [0.3, 0.4) is 0 Å². The largest absolute Gasteiger partial charge is 0.330 e. The van der Waals surface area contributed by atoms with E-state index in [1.54, 1.807) is 0 Å². The van der Waals surface area contributed by atoms with E-state index in [9.17, 15) is 0 Å². The second-order valence-electron chi connectivity index (χ2n) is 4.29. The third-order valence-electron chi connectivity index (χ3n) is 3.31. The highest BCUT2D eigenvalue weighted by Crippen LogP contribution is 2.11. The molecular weight excluding hydrogens is 162 g/mol. The Kier molecular flexibility index (Phi) is 4.16. The molecule has 3 heteroatoms. The second-order valence-corrected chi connectivity index (χ2v) is 4.29. The molecule has 0 spiro atoms. The van der Waals surface area contributed by atoms with Gasteiger partial charge in [-0.25, -0.2) is 0 Å². The fraction of sp³-hybridized carbons (Fsp3) is 1.00. The second kappa shape index (κ2) is 4.94. The van der Waals surface area contributed by atoms with Gasteiger partial charge >= 0.3 is 0 Å². The Balaban J connectivity index is 2.35. The van der Waals surface area contributed by atoms with Gasteiger partial charge in [-0.1, -0.05) is 6.92 Å². The number of hydrogen-bond acceptors (Lipinski definition) is 3. The predicted molar refractivity (Wildman–Crippen MR) is 56.8 cm³/mol. The van der Waals surface area contributed by atoms with Crippen LogP contribution in [0.2, 0.25) is 0 Å². The molecule has 1 aliphatic rings. The molecule has 1 saturated heterocycles. The molecule has 2 unspecified atom stereocenters. The van der Waals surface area contributed by atoms with E-state index in [-0.39, 0.29) is 0 Å². The molecule has 2 N–H and O–H groups in total. The molecule has 3 nitrogen and oxygen atoms in total. The third-order valence-corrected chi connectivity index (χ3v) is 3.31. The normalized spacial score (nSPS) is 25.8. The maximum Gasteiger partial charge on any atom is 0.0113 e. The van der Waals surface area contributed by atoms with Crippen molar-refractivity contribution in [2.75, 3.05) is 39.8 Å². The fourth-order valence-electron chi connectivity index (χ4n) is 1.79. The van der Waals surface area contributed by atoms with E-state index >= 15 is 0 Å². The molecule has 0 aliphatic carbocycles. The van der Waals surface area contributed by atoms with Gasteiger partial charge in [0.25, 0.3) is 0 Å². The van der Waals surface area contributed by atoms with Crippen molar-refractivity contribution in [2.24, 2.45) is 11.7 Å². The average molecular weight is 185 g/mol. The highest BCUT2D eigenvalue weighted by molar-refractivity contribution is 4.78. The van der Waals surface area contributed by atoms with Crippen LogP contribution in [0.5, 0.6) is 0 Å². The van der Waals surface area contributed by atoms with E-state index < -0.39 is 0 Å². The van der Waals surface area contributed by atoms with Crippen LogP contribution in [-0.4, -0.2) is 55.6 Å². The average Bonchev–Trinajstić information content (AvgIpc) is 2.17. The Labute approximate surface area is 81.9 Å². The molecule has 0 aromatic rings. The van der Waals surface area contributed by atoms with Crippen molar-refractivity contribution in [1.29, 1.82) is 0 Å². The summed E-state index contributed by atoms with van der Waals surface area (Å²) in [4.78, 5) is 4.94. The summed E-state index contributed by atoms with van der Waals surface area (Å²) in [6.45, 7) is 10.1. The fourth-order valence-corrected chi connectivity index (χ4v) is 1.79. The van der Waals surface area contributed by atoms with Gasteiger partial charge in [-0.3, -0.25) is 4.90 Å². The molecule has 0 aromatic carbocycles. The number of nitrogens with two attached hydrogens (primary N) is 1. The molecule has 0 saturated carbocycles. The third kappa shape index (κ3) is 2.93. The van der Waals surface area contributed by atoms with Gasteiger partial charge in [0.05, 0.1) is 0 Å². The zero-order valence-corrected chi connectivity index (χ0v) is 9.16. The van der Waals surface area contributed by atoms with Crippen molar-refractivity contribution in [2.45, 2.75) is 19.9 Å². The van der Waals surface area contributed by atoms with E-state index in [0.717, 1.165) is 6.54 Å². The van der Waals surface area contributed by atoms with Crippen LogP contribution in [0.25, 0.3) is 0 Å². The Morgan fingerprint density at radius 3 is 2.15 bits per heavy atom. The van der Waals surface area contributed by atoms with Crippen molar-refractivity contribution in [3.05, 3.63) is 0 Å². The standard InChI is InChI=1S/C10H23N3/c1-9(8-11)10(2)13-6-4-12(3)5-7-13/h9-10H,4-8,11H2,1-3H3. The molecule has 1 aliphatic heterocycles. The number of nitrogens with zero attached hydrogens (tertiary/aromatic N) is 2. The molecule has 1 fully saturated rings. The Morgan fingerprint density at radius 1 is 1.15 bits per heavy atom. The van der Waals surface area contributed by atoms with Crippen molar-refractivity contribution in [3.63, 3.8) is 0 Å². The van der Waals surface area contributed by atoms with Crippen LogP contribution >= 0.6 is 0 Å². The highest BCUT2D eigenvalue weighted by atomic mass is 15.3. The summed E-state index contributed by atoms with van der Waals surface area (Å²) < 4.78 is 0. The van der Waals surface area contributed by atoms with Gasteiger partial charge in [-0.15, -0.1) is 0 Å². The minimum Gasteiger partial charge on any atom is -0.330 e. The number of rotatable bonds is 3. The summed E-state index contributed by atoms with van der Waals surface area (Å²) in [5.41, 5.74) is 5.67. The monoisotopic (exact) mass is 185 g/mol. The topological polar surface area (TPSA) is 32.5 Å². The van der Waals surface area contributed by atoms with E-state index in [1.807, 2.05) is 0 Å². The van der Waals surface area contributed by atoms with Gasteiger partial charge < -0.3 is 10.6 Å². The summed E-state index contributed by atoms with van der Waals surface area (Å²) in [6.07, 6.45) is 0. The van der Waals surface area contributed by atoms with E-state index in [0.29, 0.717) is 12.0 Å². The zero-order chi connectivity index (χ0) is 9.84. The summed E-state index contributed by atoms with van der Waals surface area (Å²) in [7, 11) is 2.19. The number of likely N-dealkylation sites (N-methyl/N-ethyl adjacent to an activating group) is 1. The summed E-state index contributed by atoms with van der Waals surface area (Å²) in [6, 6.07) is 0.638. The lowest BCUT2D eigenvalue weighted by atomic mass is 10.0. The van der Waals surface area contributed by atoms with Crippen LogP contribution in [0, 0.1) is 5.92 Å². The van der Waals surface area contributed by atoms with Crippen molar-refractivity contribution >= 4 is 0 Å². The number of piperazine rings is 1. The van der Waals surface area contributed by atoms with Crippen molar-refractivity contribution in [1.82, 2.24) is 9.80 Å². The van der Waals surface area contributed by atoms with Crippen molar-refractivity contribution in [3.8, 4) is 0 Å². The first-order valence-electron chi connectivity index (χ1n) is 5.27. The van der Waals surface area contributed by atoms with Gasteiger partial charge in [-0.05, 0) is 26.4 Å². The van der Waals surface area contributed by atoms with Gasteiger partial charge in [0.1, 0.15) is 0 Å². The first-order valence-corrected chi connectivity index (χ1v) is 5.27. The van der Waals surface area contributed by atoms with Crippen LogP contribution in [0.15, 0.2) is 0 Å². The lowest BCUT2D eigenvalue weighted by Crippen LogP contribution is -2.50. The van der Waals surface area contributed by atoms with Gasteiger partial charge in [0.15, 0.2) is 0 Å². The molecule has 0 aromatic heterocycles. The lowest BCUT2D eigenvalue weighted by molar-refractivity contribution is 0.0952. The Morgan fingerprint density at radius 2 is 1.69 bits per heavy atom. The maximum absolute atomic E-state index is 5.67. The SMILES string of the molecule is CC(CN)C(C)N1CCN(C)CC1. The summed E-state index contributed by atoms with van der Waals surface area (Å²) in [5, 5.41) is 0. The van der Waals surface area contributed by atoms with Crippen molar-refractivity contribution < 1.29 is 0 Å². The minimum absolute atomic E-state index is 0.614.